The Balaban J connectivity index is 1.88. The van der Waals surface area contributed by atoms with Crippen molar-refractivity contribution < 1.29 is 14.6 Å². The first kappa shape index (κ1) is 19.1. The Morgan fingerprint density at radius 2 is 2.22 bits per heavy atom. The number of hydrogen-bond acceptors (Lipinski definition) is 7. The maximum absolute atomic E-state index is 12.2. The van der Waals surface area contributed by atoms with Crippen LogP contribution in [0, 0.1) is 5.92 Å². The smallest absolute Gasteiger partial charge is 0.408 e. The number of halogens is 1. The highest BCUT2D eigenvalue weighted by atomic mass is 79.9. The van der Waals surface area contributed by atoms with Gasteiger partial charge in [0.15, 0.2) is 11.4 Å². The fourth-order valence-corrected chi connectivity index (χ4v) is 2.70. The number of aliphatic hydroxyl groups excluding tert-OH is 1. The second kappa shape index (κ2) is 8.31. The van der Waals surface area contributed by atoms with Gasteiger partial charge in [-0.25, -0.2) is 9.78 Å². The Morgan fingerprint density at radius 1 is 1.41 bits per heavy atom. The van der Waals surface area contributed by atoms with Gasteiger partial charge in [-0.1, -0.05) is 13.8 Å². The number of ether oxygens (including phenoxy) is 1. The minimum absolute atomic E-state index is 0.0449. The standard InChI is InChI=1S/C17H19BrN6O3/c1-10(2)13(9-25)21-14-6-15(24-16(22-14)12(18)8-20-24)23-17(26)27-11-4-3-5-19-7-11/h3-8,10,13,25H,9H2,1-2H3,(H,21,22)(H,23,26). The Labute approximate surface area is 163 Å². The van der Waals surface area contributed by atoms with Gasteiger partial charge in [-0.3, -0.25) is 10.3 Å². The molecule has 3 N–H and O–H groups in total. The van der Waals surface area contributed by atoms with E-state index >= 15 is 0 Å². The van der Waals surface area contributed by atoms with Crippen molar-refractivity contribution in [3.8, 4) is 5.75 Å². The predicted molar refractivity (Wildman–Crippen MR) is 104 cm³/mol. The summed E-state index contributed by atoms with van der Waals surface area (Å²) in [6.07, 6.45) is 3.92. The molecule has 1 unspecified atom stereocenters. The van der Waals surface area contributed by atoms with Gasteiger partial charge >= 0.3 is 6.09 Å². The lowest BCUT2D eigenvalue weighted by atomic mass is 10.1. The molecule has 142 valence electrons. The SMILES string of the molecule is CC(C)C(CO)Nc1cc(NC(=O)Oc2cccnc2)n2ncc(Br)c2n1. The molecule has 0 aliphatic rings. The van der Waals surface area contributed by atoms with Crippen molar-refractivity contribution in [3.05, 3.63) is 41.3 Å². The minimum atomic E-state index is -0.685. The second-order valence-electron chi connectivity index (χ2n) is 6.14. The molecule has 0 spiro atoms. The molecule has 0 aromatic carbocycles. The second-order valence-corrected chi connectivity index (χ2v) is 6.99. The molecule has 0 aliphatic carbocycles. The van der Waals surface area contributed by atoms with Crippen LogP contribution in [-0.2, 0) is 0 Å². The van der Waals surface area contributed by atoms with Gasteiger partial charge in [0, 0.05) is 12.3 Å². The summed E-state index contributed by atoms with van der Waals surface area (Å²) in [6, 6.07) is 4.74. The highest BCUT2D eigenvalue weighted by molar-refractivity contribution is 9.10. The third-order valence-electron chi connectivity index (χ3n) is 3.84. The normalized spacial score (nSPS) is 12.2. The average molecular weight is 435 g/mol. The van der Waals surface area contributed by atoms with Crippen LogP contribution in [0.15, 0.2) is 41.3 Å². The van der Waals surface area contributed by atoms with E-state index in [1.54, 1.807) is 30.6 Å². The molecule has 0 saturated carbocycles. The van der Waals surface area contributed by atoms with E-state index in [1.165, 1.54) is 10.7 Å². The molecule has 0 fully saturated rings. The van der Waals surface area contributed by atoms with Crippen LogP contribution in [0.5, 0.6) is 5.75 Å². The average Bonchev–Trinajstić information content (AvgIpc) is 3.01. The summed E-state index contributed by atoms with van der Waals surface area (Å²) in [5.74, 6) is 1.37. The number of fused-ring (bicyclic) bond motifs is 1. The van der Waals surface area contributed by atoms with Gasteiger partial charge in [0.1, 0.15) is 11.6 Å². The number of carbonyl (C=O) groups excluding carboxylic acids is 1. The quantitative estimate of drug-likeness (QED) is 0.546. The molecule has 1 atom stereocenters. The van der Waals surface area contributed by atoms with Gasteiger partial charge < -0.3 is 15.2 Å². The molecular weight excluding hydrogens is 416 g/mol. The van der Waals surface area contributed by atoms with Gasteiger partial charge in [0.05, 0.1) is 29.5 Å². The number of aromatic nitrogens is 4. The first-order chi connectivity index (χ1) is 13.0. The lowest BCUT2D eigenvalue weighted by molar-refractivity contribution is 0.215. The fraction of sp³-hybridized carbons (Fsp3) is 0.294. The van der Waals surface area contributed by atoms with E-state index in [2.05, 4.69) is 41.6 Å². The van der Waals surface area contributed by atoms with E-state index in [9.17, 15) is 9.90 Å². The highest BCUT2D eigenvalue weighted by Crippen LogP contribution is 2.23. The van der Waals surface area contributed by atoms with Crippen molar-refractivity contribution in [2.45, 2.75) is 19.9 Å². The topological polar surface area (TPSA) is 114 Å². The summed E-state index contributed by atoms with van der Waals surface area (Å²) in [4.78, 5) is 20.6. The number of hydrogen-bond donors (Lipinski definition) is 3. The largest absolute Gasteiger partial charge is 0.418 e. The number of nitrogens with zero attached hydrogens (tertiary/aromatic N) is 4. The number of rotatable bonds is 6. The van der Waals surface area contributed by atoms with Crippen molar-refractivity contribution in [2.75, 3.05) is 17.2 Å². The van der Waals surface area contributed by atoms with Crippen LogP contribution in [0.25, 0.3) is 5.65 Å². The third-order valence-corrected chi connectivity index (χ3v) is 4.40. The molecule has 3 heterocycles. The van der Waals surface area contributed by atoms with Gasteiger partial charge in [-0.2, -0.15) is 9.61 Å². The molecule has 10 heteroatoms. The van der Waals surface area contributed by atoms with Gasteiger partial charge in [-0.15, -0.1) is 0 Å². The zero-order valence-corrected chi connectivity index (χ0v) is 16.3. The van der Waals surface area contributed by atoms with Crippen LogP contribution in [0.3, 0.4) is 0 Å². The summed E-state index contributed by atoms with van der Waals surface area (Å²) >= 11 is 3.39. The van der Waals surface area contributed by atoms with E-state index in [0.717, 1.165) is 0 Å². The molecule has 0 radical (unpaired) electrons. The van der Waals surface area contributed by atoms with Gasteiger partial charge in [-0.05, 0) is 34.0 Å². The van der Waals surface area contributed by atoms with E-state index in [4.69, 9.17) is 4.74 Å². The van der Waals surface area contributed by atoms with Crippen molar-refractivity contribution in [1.29, 1.82) is 0 Å². The number of anilines is 2. The van der Waals surface area contributed by atoms with E-state index in [0.29, 0.717) is 27.5 Å². The number of aliphatic hydroxyl groups is 1. The van der Waals surface area contributed by atoms with E-state index < -0.39 is 6.09 Å². The molecule has 3 aromatic heterocycles. The fourth-order valence-electron chi connectivity index (χ4n) is 2.36. The maximum Gasteiger partial charge on any atom is 0.418 e. The Bertz CT molecular complexity index is 931. The van der Waals surface area contributed by atoms with Crippen LogP contribution in [0.2, 0.25) is 0 Å². The third kappa shape index (κ3) is 4.52. The summed E-state index contributed by atoms with van der Waals surface area (Å²) in [6.45, 7) is 3.94. The summed E-state index contributed by atoms with van der Waals surface area (Å²) in [7, 11) is 0. The Kier molecular flexibility index (Phi) is 5.87. The summed E-state index contributed by atoms with van der Waals surface area (Å²) < 4.78 is 7.35. The predicted octanol–water partition coefficient (Wildman–Crippen LogP) is 2.93. The van der Waals surface area contributed by atoms with Crippen LogP contribution in [0.1, 0.15) is 13.8 Å². The van der Waals surface area contributed by atoms with Gasteiger partial charge in [0.2, 0.25) is 0 Å². The van der Waals surface area contributed by atoms with E-state index in [1.807, 2.05) is 13.8 Å². The van der Waals surface area contributed by atoms with Crippen molar-refractivity contribution in [2.24, 2.45) is 5.92 Å². The number of pyridine rings is 1. The monoisotopic (exact) mass is 434 g/mol. The molecule has 0 aliphatic heterocycles. The zero-order valence-electron chi connectivity index (χ0n) is 14.8. The first-order valence-corrected chi connectivity index (χ1v) is 9.07. The zero-order chi connectivity index (χ0) is 19.4. The molecule has 0 saturated heterocycles. The molecule has 27 heavy (non-hydrogen) atoms. The molecule has 3 aromatic rings. The van der Waals surface area contributed by atoms with Gasteiger partial charge in [0.25, 0.3) is 0 Å². The highest BCUT2D eigenvalue weighted by Gasteiger charge is 2.17. The van der Waals surface area contributed by atoms with E-state index in [-0.39, 0.29) is 18.6 Å². The van der Waals surface area contributed by atoms with Crippen molar-refractivity contribution in [1.82, 2.24) is 19.6 Å². The molecule has 9 nitrogen and oxygen atoms in total. The van der Waals surface area contributed by atoms with Crippen LogP contribution in [-0.4, -0.2) is 43.4 Å². The lowest BCUT2D eigenvalue weighted by Crippen LogP contribution is -2.30. The first-order valence-electron chi connectivity index (χ1n) is 8.28. The minimum Gasteiger partial charge on any atom is -0.408 e. The lowest BCUT2D eigenvalue weighted by Gasteiger charge is -2.21. The molecular formula is C17H19BrN6O3. The maximum atomic E-state index is 12.2. The molecule has 0 bridgehead atoms. The van der Waals surface area contributed by atoms with Crippen LogP contribution < -0.4 is 15.4 Å². The Hall–Kier alpha value is -2.72. The van der Waals surface area contributed by atoms with Crippen molar-refractivity contribution >= 4 is 39.3 Å². The number of carbonyl (C=O) groups is 1. The Morgan fingerprint density at radius 3 is 2.89 bits per heavy atom. The number of amides is 1. The number of nitrogens with one attached hydrogen (secondary N) is 2. The van der Waals surface area contributed by atoms with Crippen LogP contribution in [0.4, 0.5) is 16.4 Å². The summed E-state index contributed by atoms with van der Waals surface area (Å²) in [5.41, 5.74) is 0.511. The molecule has 3 rings (SSSR count). The van der Waals surface area contributed by atoms with Crippen LogP contribution >= 0.6 is 15.9 Å². The molecule has 1 amide bonds. The summed E-state index contributed by atoms with van der Waals surface area (Å²) in [5, 5.41) is 19.6. The van der Waals surface area contributed by atoms with Crippen molar-refractivity contribution in [3.63, 3.8) is 0 Å².